The lowest BCUT2D eigenvalue weighted by atomic mass is 10.1. The number of carbonyl (C=O) groups excluding carboxylic acids is 1. The number of halogens is 1. The molecule has 2 heterocycles. The van der Waals surface area contributed by atoms with Crippen molar-refractivity contribution in [1.29, 1.82) is 0 Å². The second-order valence-corrected chi connectivity index (χ2v) is 5.81. The lowest BCUT2D eigenvalue weighted by Gasteiger charge is -2.34. The standard InChI is InChI=1S/C11H16ClN3OS/c1-13-11(16)9-6-14-4-5-15(9)7-8-2-3-10(12)17-8/h2-3,9,14H,4-7H2,1H3,(H,13,16). The highest BCUT2D eigenvalue weighted by Gasteiger charge is 2.27. The average Bonchev–Trinajstić information content (AvgIpc) is 2.74. The van der Waals surface area contributed by atoms with E-state index in [9.17, 15) is 4.79 Å². The Labute approximate surface area is 110 Å². The van der Waals surface area contributed by atoms with Gasteiger partial charge in [-0.25, -0.2) is 0 Å². The van der Waals surface area contributed by atoms with Crippen molar-refractivity contribution in [2.45, 2.75) is 12.6 Å². The second-order valence-electron chi connectivity index (χ2n) is 4.01. The van der Waals surface area contributed by atoms with E-state index in [2.05, 4.69) is 15.5 Å². The van der Waals surface area contributed by atoms with Crippen LogP contribution in [0.3, 0.4) is 0 Å². The van der Waals surface area contributed by atoms with Crippen molar-refractivity contribution < 1.29 is 4.79 Å². The molecule has 1 atom stereocenters. The van der Waals surface area contributed by atoms with Crippen molar-refractivity contribution >= 4 is 28.8 Å². The van der Waals surface area contributed by atoms with E-state index < -0.39 is 0 Å². The summed E-state index contributed by atoms with van der Waals surface area (Å²) >= 11 is 7.49. The third-order valence-corrected chi connectivity index (χ3v) is 4.11. The van der Waals surface area contributed by atoms with Gasteiger partial charge in [0.15, 0.2) is 0 Å². The molecule has 1 fully saturated rings. The molecular formula is C11H16ClN3OS. The summed E-state index contributed by atoms with van der Waals surface area (Å²) in [6, 6.07) is 3.84. The average molecular weight is 274 g/mol. The SMILES string of the molecule is CNC(=O)C1CNCCN1Cc1ccc(Cl)s1. The first-order valence-electron chi connectivity index (χ1n) is 5.61. The summed E-state index contributed by atoms with van der Waals surface area (Å²) < 4.78 is 0.798. The van der Waals surface area contributed by atoms with Crippen molar-refractivity contribution in [3.05, 3.63) is 21.3 Å². The van der Waals surface area contributed by atoms with Gasteiger partial charge in [-0.1, -0.05) is 11.6 Å². The molecule has 0 radical (unpaired) electrons. The van der Waals surface area contributed by atoms with E-state index in [-0.39, 0.29) is 11.9 Å². The number of likely N-dealkylation sites (N-methyl/N-ethyl adjacent to an activating group) is 1. The molecule has 4 nitrogen and oxygen atoms in total. The molecule has 1 saturated heterocycles. The van der Waals surface area contributed by atoms with Gasteiger partial charge in [-0.3, -0.25) is 9.69 Å². The first-order valence-corrected chi connectivity index (χ1v) is 6.80. The molecule has 6 heteroatoms. The predicted octanol–water partition coefficient (Wildman–Crippen LogP) is 0.921. The Kier molecular flexibility index (Phi) is 4.39. The molecule has 1 aliphatic heterocycles. The monoisotopic (exact) mass is 273 g/mol. The fraction of sp³-hybridized carbons (Fsp3) is 0.545. The van der Waals surface area contributed by atoms with E-state index in [1.807, 2.05) is 12.1 Å². The highest BCUT2D eigenvalue weighted by Crippen LogP contribution is 2.23. The fourth-order valence-corrected chi connectivity index (χ4v) is 3.11. The number of rotatable bonds is 3. The zero-order valence-corrected chi connectivity index (χ0v) is 11.3. The number of thiophene rings is 1. The van der Waals surface area contributed by atoms with Crippen LogP contribution < -0.4 is 10.6 Å². The smallest absolute Gasteiger partial charge is 0.238 e. The molecule has 0 saturated carbocycles. The van der Waals surface area contributed by atoms with E-state index in [0.29, 0.717) is 6.54 Å². The van der Waals surface area contributed by atoms with Crippen LogP contribution >= 0.6 is 22.9 Å². The van der Waals surface area contributed by atoms with Crippen molar-refractivity contribution in [2.75, 3.05) is 26.7 Å². The Balaban J connectivity index is 2.03. The van der Waals surface area contributed by atoms with Crippen LogP contribution in [0, 0.1) is 0 Å². The van der Waals surface area contributed by atoms with E-state index >= 15 is 0 Å². The Morgan fingerprint density at radius 1 is 1.71 bits per heavy atom. The van der Waals surface area contributed by atoms with Gasteiger partial charge in [0, 0.05) is 38.1 Å². The molecule has 2 rings (SSSR count). The Hall–Kier alpha value is -0.620. The van der Waals surface area contributed by atoms with E-state index in [4.69, 9.17) is 11.6 Å². The first kappa shape index (κ1) is 12.8. The van der Waals surface area contributed by atoms with E-state index in [0.717, 1.165) is 24.0 Å². The number of piperazine rings is 1. The third kappa shape index (κ3) is 3.19. The van der Waals surface area contributed by atoms with Crippen LogP contribution in [-0.4, -0.2) is 43.5 Å². The maximum absolute atomic E-state index is 11.8. The molecule has 0 spiro atoms. The maximum atomic E-state index is 11.8. The van der Waals surface area contributed by atoms with Gasteiger partial charge in [0.2, 0.25) is 5.91 Å². The minimum absolute atomic E-state index is 0.0693. The van der Waals surface area contributed by atoms with Crippen LogP contribution in [0.1, 0.15) is 4.88 Å². The molecule has 0 bridgehead atoms. The van der Waals surface area contributed by atoms with Gasteiger partial charge < -0.3 is 10.6 Å². The molecule has 0 aromatic carbocycles. The number of amides is 1. The topological polar surface area (TPSA) is 44.4 Å². The van der Waals surface area contributed by atoms with Gasteiger partial charge in [-0.2, -0.15) is 0 Å². The van der Waals surface area contributed by atoms with Gasteiger partial charge in [0.25, 0.3) is 0 Å². The lowest BCUT2D eigenvalue weighted by Crippen LogP contribution is -2.56. The van der Waals surface area contributed by atoms with Crippen LogP contribution in [0.4, 0.5) is 0 Å². The van der Waals surface area contributed by atoms with Crippen molar-refractivity contribution in [3.63, 3.8) is 0 Å². The number of nitrogens with one attached hydrogen (secondary N) is 2. The molecule has 1 aromatic rings. The minimum atomic E-state index is -0.0883. The molecule has 0 aliphatic carbocycles. The summed E-state index contributed by atoms with van der Waals surface area (Å²) in [5.74, 6) is 0.0693. The van der Waals surface area contributed by atoms with Crippen LogP contribution in [0.15, 0.2) is 12.1 Å². The largest absolute Gasteiger partial charge is 0.358 e. The number of hydrogen-bond donors (Lipinski definition) is 2. The molecule has 17 heavy (non-hydrogen) atoms. The molecule has 1 amide bonds. The zero-order valence-electron chi connectivity index (χ0n) is 9.70. The molecule has 1 unspecified atom stereocenters. The molecule has 2 N–H and O–H groups in total. The van der Waals surface area contributed by atoms with Crippen molar-refractivity contribution in [3.8, 4) is 0 Å². The minimum Gasteiger partial charge on any atom is -0.358 e. The maximum Gasteiger partial charge on any atom is 0.238 e. The highest BCUT2D eigenvalue weighted by molar-refractivity contribution is 7.16. The number of hydrogen-bond acceptors (Lipinski definition) is 4. The van der Waals surface area contributed by atoms with Crippen LogP contribution in [0.5, 0.6) is 0 Å². The van der Waals surface area contributed by atoms with Gasteiger partial charge in [-0.15, -0.1) is 11.3 Å². The first-order chi connectivity index (χ1) is 8.20. The second kappa shape index (κ2) is 5.82. The van der Waals surface area contributed by atoms with E-state index in [1.54, 1.807) is 18.4 Å². The van der Waals surface area contributed by atoms with Gasteiger partial charge in [-0.05, 0) is 12.1 Å². The third-order valence-electron chi connectivity index (χ3n) is 2.89. The highest BCUT2D eigenvalue weighted by atomic mass is 35.5. The van der Waals surface area contributed by atoms with Gasteiger partial charge in [0.05, 0.1) is 4.34 Å². The summed E-state index contributed by atoms with van der Waals surface area (Å²) in [4.78, 5) is 15.1. The van der Waals surface area contributed by atoms with Crippen molar-refractivity contribution in [1.82, 2.24) is 15.5 Å². The van der Waals surface area contributed by atoms with Crippen molar-refractivity contribution in [2.24, 2.45) is 0 Å². The summed E-state index contributed by atoms with van der Waals surface area (Å²) in [6.07, 6.45) is 0. The molecule has 1 aliphatic rings. The number of nitrogens with zero attached hydrogens (tertiary/aromatic N) is 1. The normalized spacial score (nSPS) is 21.4. The van der Waals surface area contributed by atoms with Crippen LogP contribution in [-0.2, 0) is 11.3 Å². The van der Waals surface area contributed by atoms with Crippen LogP contribution in [0.2, 0.25) is 4.34 Å². The van der Waals surface area contributed by atoms with Crippen LogP contribution in [0.25, 0.3) is 0 Å². The summed E-state index contributed by atoms with van der Waals surface area (Å²) in [5.41, 5.74) is 0. The molecule has 1 aromatic heterocycles. The lowest BCUT2D eigenvalue weighted by molar-refractivity contribution is -0.126. The Morgan fingerprint density at radius 2 is 2.53 bits per heavy atom. The summed E-state index contributed by atoms with van der Waals surface area (Å²) in [6.45, 7) is 3.30. The Bertz CT molecular complexity index is 396. The predicted molar refractivity (Wildman–Crippen MR) is 70.5 cm³/mol. The summed E-state index contributed by atoms with van der Waals surface area (Å²) in [5, 5.41) is 5.96. The fourth-order valence-electron chi connectivity index (χ4n) is 2.00. The molecule has 94 valence electrons. The Morgan fingerprint density at radius 3 is 3.18 bits per heavy atom. The van der Waals surface area contributed by atoms with Gasteiger partial charge >= 0.3 is 0 Å². The zero-order chi connectivity index (χ0) is 12.3. The van der Waals surface area contributed by atoms with E-state index in [1.165, 1.54) is 4.88 Å². The molecular weight excluding hydrogens is 258 g/mol. The summed E-state index contributed by atoms with van der Waals surface area (Å²) in [7, 11) is 1.68. The van der Waals surface area contributed by atoms with Gasteiger partial charge in [0.1, 0.15) is 6.04 Å². The number of carbonyl (C=O) groups is 1. The quantitative estimate of drug-likeness (QED) is 0.861.